The Morgan fingerprint density at radius 3 is 1.45 bits per heavy atom. The topological polar surface area (TPSA) is 114 Å². The molecule has 2 aromatic heterocycles. The Labute approximate surface area is 243 Å². The van der Waals surface area contributed by atoms with Crippen LogP contribution in [0, 0.1) is 11.6 Å². The largest absolute Gasteiger partial charge is 0.439 e. The molecule has 2 heterocycles. The molecule has 10 heteroatoms. The summed E-state index contributed by atoms with van der Waals surface area (Å²) in [5.41, 5.74) is 12.3. The van der Waals surface area contributed by atoms with Crippen LogP contribution in [0.4, 0.5) is 8.78 Å². The molecule has 4 aromatic rings. The molecule has 0 aliphatic rings. The van der Waals surface area contributed by atoms with E-state index in [4.69, 9.17) is 20.9 Å². The molecule has 2 aromatic carbocycles. The third-order valence-corrected chi connectivity index (χ3v) is 7.01. The maximum absolute atomic E-state index is 14.4. The second-order valence-electron chi connectivity index (χ2n) is 11.9. The summed E-state index contributed by atoms with van der Waals surface area (Å²) in [4.78, 5) is 25.0. The molecule has 0 radical (unpaired) electrons. The molecule has 4 N–H and O–H groups in total. The van der Waals surface area contributed by atoms with Crippen LogP contribution in [0.1, 0.15) is 64.5 Å². The van der Waals surface area contributed by atoms with Crippen LogP contribution in [-0.2, 0) is 32.2 Å². The number of benzene rings is 2. The van der Waals surface area contributed by atoms with E-state index >= 15 is 0 Å². The number of halogens is 2. The van der Waals surface area contributed by atoms with Gasteiger partial charge in [-0.2, -0.15) is 0 Å². The lowest BCUT2D eigenvalue weighted by Gasteiger charge is -2.26. The van der Waals surface area contributed by atoms with Crippen LogP contribution in [0.2, 0.25) is 0 Å². The Bertz CT molecular complexity index is 1540. The van der Waals surface area contributed by atoms with Crippen LogP contribution < -0.4 is 11.5 Å². The van der Waals surface area contributed by atoms with Crippen molar-refractivity contribution in [2.45, 2.75) is 77.9 Å². The van der Waals surface area contributed by atoms with Crippen LogP contribution in [0.5, 0.6) is 0 Å². The number of nitrogens with zero attached hydrogens (tertiary/aromatic N) is 2. The van der Waals surface area contributed by atoms with Crippen molar-refractivity contribution in [1.29, 1.82) is 0 Å². The number of rotatable bonds is 10. The van der Waals surface area contributed by atoms with Crippen molar-refractivity contribution in [3.8, 4) is 0 Å². The fourth-order valence-corrected chi connectivity index (χ4v) is 5.02. The predicted molar refractivity (Wildman–Crippen MR) is 158 cm³/mol. The van der Waals surface area contributed by atoms with Gasteiger partial charge in [0.1, 0.15) is 11.6 Å². The number of carbonyl (C=O) groups excluding carboxylic acids is 2. The maximum atomic E-state index is 14.4. The zero-order chi connectivity index (χ0) is 31.0. The standard InChI is InChI=1S/C32H38F2N4O4/c1-19(2)23-15-27-21(13-25(23)33)9-11-37(27)17-31(5,35)41-29(39)7-8-30(40)42-32(6,36)18-38-12-10-22-14-26(34)24(20(3)4)16-28(22)38/h7-16,19-20H,17-18,35-36H2,1-6H3/b8-7+/t31-,32-/m0/s1. The second-order valence-corrected chi connectivity index (χ2v) is 11.9. The fourth-order valence-electron chi connectivity index (χ4n) is 5.02. The Hall–Kier alpha value is -4.02. The molecule has 0 spiro atoms. The van der Waals surface area contributed by atoms with Gasteiger partial charge in [-0.25, -0.2) is 18.4 Å². The molecule has 0 unspecified atom stereocenters. The Morgan fingerprint density at radius 1 is 0.762 bits per heavy atom. The molecule has 42 heavy (non-hydrogen) atoms. The van der Waals surface area contributed by atoms with Crippen LogP contribution in [0.25, 0.3) is 21.8 Å². The molecular weight excluding hydrogens is 542 g/mol. The lowest BCUT2D eigenvalue weighted by molar-refractivity contribution is -0.155. The van der Waals surface area contributed by atoms with E-state index in [0.717, 1.165) is 23.2 Å². The van der Waals surface area contributed by atoms with Crippen molar-refractivity contribution < 1.29 is 27.8 Å². The molecule has 8 nitrogen and oxygen atoms in total. The van der Waals surface area contributed by atoms with Crippen molar-refractivity contribution in [2.75, 3.05) is 0 Å². The zero-order valence-corrected chi connectivity index (χ0v) is 24.8. The smallest absolute Gasteiger partial charge is 0.332 e. The first-order valence-electron chi connectivity index (χ1n) is 13.8. The monoisotopic (exact) mass is 580 g/mol. The number of hydrogen-bond acceptors (Lipinski definition) is 6. The Balaban J connectivity index is 1.38. The third-order valence-electron chi connectivity index (χ3n) is 7.01. The van der Waals surface area contributed by atoms with Gasteiger partial charge in [0.25, 0.3) is 0 Å². The number of esters is 2. The summed E-state index contributed by atoms with van der Waals surface area (Å²) < 4.78 is 43.1. The molecule has 0 aliphatic heterocycles. The molecule has 0 saturated carbocycles. The number of aromatic nitrogens is 2. The summed E-state index contributed by atoms with van der Waals surface area (Å²) in [5.74, 6) is -2.27. The molecule has 0 amide bonds. The highest BCUT2D eigenvalue weighted by Crippen LogP contribution is 2.28. The van der Waals surface area contributed by atoms with Crippen molar-refractivity contribution in [3.63, 3.8) is 0 Å². The highest BCUT2D eigenvalue weighted by Gasteiger charge is 2.27. The van der Waals surface area contributed by atoms with Gasteiger partial charge in [0, 0.05) is 46.4 Å². The number of fused-ring (bicyclic) bond motifs is 2. The lowest BCUT2D eigenvalue weighted by Crippen LogP contribution is -2.45. The van der Waals surface area contributed by atoms with Gasteiger partial charge in [0.2, 0.25) is 0 Å². The molecular formula is C32H38F2N4O4. The van der Waals surface area contributed by atoms with E-state index in [-0.39, 0.29) is 36.6 Å². The van der Waals surface area contributed by atoms with Crippen molar-refractivity contribution >= 4 is 33.7 Å². The second kappa shape index (κ2) is 11.7. The number of nitrogens with two attached hydrogens (primary N) is 2. The number of carbonyl (C=O) groups is 2. The van der Waals surface area contributed by atoms with Gasteiger partial charge >= 0.3 is 11.9 Å². The summed E-state index contributed by atoms with van der Waals surface area (Å²) in [6.45, 7) is 10.9. The van der Waals surface area contributed by atoms with E-state index in [2.05, 4.69) is 0 Å². The fraction of sp³-hybridized carbons (Fsp3) is 0.375. The van der Waals surface area contributed by atoms with Gasteiger partial charge in [-0.15, -0.1) is 0 Å². The van der Waals surface area contributed by atoms with Gasteiger partial charge in [-0.05, 0) is 73.2 Å². The summed E-state index contributed by atoms with van der Waals surface area (Å²) in [6.07, 6.45) is 5.34. The predicted octanol–water partition coefficient (Wildman–Crippen LogP) is 5.81. The minimum absolute atomic E-state index is 0.00922. The van der Waals surface area contributed by atoms with Gasteiger partial charge in [-0.3, -0.25) is 11.5 Å². The van der Waals surface area contributed by atoms with Gasteiger partial charge in [0.05, 0.1) is 13.1 Å². The van der Waals surface area contributed by atoms with Gasteiger partial charge in [-0.1, -0.05) is 27.7 Å². The van der Waals surface area contributed by atoms with Crippen molar-refractivity contribution in [2.24, 2.45) is 11.5 Å². The van der Waals surface area contributed by atoms with Crippen LogP contribution in [-0.4, -0.2) is 32.5 Å². The number of hydrogen-bond donors (Lipinski definition) is 2. The van der Waals surface area contributed by atoms with E-state index in [0.29, 0.717) is 21.9 Å². The van der Waals surface area contributed by atoms with Crippen molar-refractivity contribution in [1.82, 2.24) is 9.13 Å². The van der Waals surface area contributed by atoms with Crippen LogP contribution in [0.3, 0.4) is 0 Å². The molecule has 0 bridgehead atoms. The van der Waals surface area contributed by atoms with E-state index in [1.165, 1.54) is 26.0 Å². The molecule has 0 aliphatic carbocycles. The normalized spacial score (nSPS) is 15.0. The van der Waals surface area contributed by atoms with Crippen molar-refractivity contribution in [3.05, 3.63) is 83.7 Å². The minimum atomic E-state index is -1.43. The first-order chi connectivity index (χ1) is 19.5. The van der Waals surface area contributed by atoms with E-state index < -0.39 is 23.4 Å². The Morgan fingerprint density at radius 2 is 1.12 bits per heavy atom. The summed E-state index contributed by atoms with van der Waals surface area (Å²) in [5, 5.41) is 1.40. The van der Waals surface area contributed by atoms with E-state index in [1.807, 2.05) is 27.7 Å². The van der Waals surface area contributed by atoms with Crippen LogP contribution in [0.15, 0.2) is 60.9 Å². The molecule has 2 atom stereocenters. The summed E-state index contributed by atoms with van der Waals surface area (Å²) in [7, 11) is 0. The number of ether oxygens (including phenoxy) is 2. The van der Waals surface area contributed by atoms with Gasteiger partial charge in [0.15, 0.2) is 11.4 Å². The maximum Gasteiger partial charge on any atom is 0.332 e. The van der Waals surface area contributed by atoms with Gasteiger partial charge < -0.3 is 18.6 Å². The SMILES string of the molecule is CC(C)c1cc2c(ccn2C[C@@](C)(N)OC(=O)/C=C/C(=O)O[C@](C)(N)Cn2ccc3cc(F)c(C(C)C)cc32)cc1F. The quantitative estimate of drug-likeness (QED) is 0.139. The molecule has 4 rings (SSSR count). The van der Waals surface area contributed by atoms with E-state index in [9.17, 15) is 18.4 Å². The summed E-state index contributed by atoms with van der Waals surface area (Å²) in [6, 6.07) is 10.0. The molecule has 224 valence electrons. The van der Waals surface area contributed by atoms with Crippen LogP contribution >= 0.6 is 0 Å². The third kappa shape index (κ3) is 7.06. The zero-order valence-electron chi connectivity index (χ0n) is 24.8. The lowest BCUT2D eigenvalue weighted by atomic mass is 10.0. The highest BCUT2D eigenvalue weighted by molar-refractivity contribution is 5.92. The average molecular weight is 581 g/mol. The molecule has 0 saturated heterocycles. The first-order valence-corrected chi connectivity index (χ1v) is 13.8. The molecule has 0 fully saturated rings. The Kier molecular flexibility index (Phi) is 8.61. The first kappa shape index (κ1) is 30.9. The average Bonchev–Trinajstić information content (AvgIpc) is 3.42. The summed E-state index contributed by atoms with van der Waals surface area (Å²) >= 11 is 0. The minimum Gasteiger partial charge on any atom is -0.439 e. The highest BCUT2D eigenvalue weighted by atomic mass is 19.1. The van der Waals surface area contributed by atoms with E-state index in [1.54, 1.807) is 45.8 Å².